The molecule has 206 valence electrons. The van der Waals surface area contributed by atoms with Gasteiger partial charge in [-0.15, -0.1) is 0 Å². The van der Waals surface area contributed by atoms with Crippen LogP contribution in [0, 0.1) is 6.92 Å². The minimum absolute atomic E-state index is 0.00461. The zero-order chi connectivity index (χ0) is 27.8. The van der Waals surface area contributed by atoms with Gasteiger partial charge >= 0.3 is 0 Å². The summed E-state index contributed by atoms with van der Waals surface area (Å²) < 4.78 is 12.4. The van der Waals surface area contributed by atoms with Crippen LogP contribution in [-0.4, -0.2) is 60.6 Å². The van der Waals surface area contributed by atoms with Gasteiger partial charge in [0.2, 0.25) is 11.8 Å². The van der Waals surface area contributed by atoms with Gasteiger partial charge < -0.3 is 19.3 Å². The first-order valence-corrected chi connectivity index (χ1v) is 13.8. The van der Waals surface area contributed by atoms with Crippen LogP contribution in [-0.2, 0) is 27.3 Å². The second-order valence-corrected chi connectivity index (χ2v) is 10.9. The fourth-order valence-electron chi connectivity index (χ4n) is 4.68. The average molecular weight is 570 g/mol. The highest BCUT2D eigenvalue weighted by Crippen LogP contribution is 2.28. The summed E-state index contributed by atoms with van der Waals surface area (Å²) in [6.07, 6.45) is 0.943. The van der Waals surface area contributed by atoms with Crippen molar-refractivity contribution < 1.29 is 19.1 Å². The van der Waals surface area contributed by atoms with Crippen molar-refractivity contribution in [2.24, 2.45) is 0 Å². The monoisotopic (exact) mass is 568 g/mol. The molecule has 6 nitrogen and oxygen atoms in total. The number of nitrogens with zero attached hydrogens (tertiary/aromatic N) is 2. The SMILES string of the molecule is Cc1cc(OC[C@]2(CC(=O)N(C)Cc3ccccc3)CN(C(=O)CCc3ccccc3Cl)CCO2)ccc1Cl. The van der Waals surface area contributed by atoms with Crippen molar-refractivity contribution in [3.05, 3.63) is 99.5 Å². The van der Waals surface area contributed by atoms with E-state index in [2.05, 4.69) is 0 Å². The Hall–Kier alpha value is -3.06. The summed E-state index contributed by atoms with van der Waals surface area (Å²) in [6.45, 7) is 3.53. The summed E-state index contributed by atoms with van der Waals surface area (Å²) in [5.74, 6) is 0.544. The number of ether oxygens (including phenoxy) is 2. The van der Waals surface area contributed by atoms with Crippen molar-refractivity contribution >= 4 is 35.0 Å². The molecule has 0 saturated carbocycles. The Morgan fingerprint density at radius 3 is 2.51 bits per heavy atom. The van der Waals surface area contributed by atoms with E-state index in [1.165, 1.54) is 0 Å². The van der Waals surface area contributed by atoms with Gasteiger partial charge in [-0.05, 0) is 54.3 Å². The molecule has 1 atom stereocenters. The van der Waals surface area contributed by atoms with Gasteiger partial charge in [0.15, 0.2) is 0 Å². The number of benzene rings is 3. The normalized spacial score (nSPS) is 17.1. The third kappa shape index (κ3) is 7.98. The summed E-state index contributed by atoms with van der Waals surface area (Å²) in [5, 5.41) is 1.30. The summed E-state index contributed by atoms with van der Waals surface area (Å²) in [4.78, 5) is 30.1. The lowest BCUT2D eigenvalue weighted by Crippen LogP contribution is -2.58. The lowest BCUT2D eigenvalue weighted by atomic mass is 9.96. The molecule has 1 saturated heterocycles. The van der Waals surface area contributed by atoms with Gasteiger partial charge in [-0.3, -0.25) is 9.59 Å². The smallest absolute Gasteiger partial charge is 0.225 e. The van der Waals surface area contributed by atoms with E-state index in [1.54, 1.807) is 29.0 Å². The molecule has 0 unspecified atom stereocenters. The molecule has 2 amide bonds. The van der Waals surface area contributed by atoms with Crippen molar-refractivity contribution in [1.29, 1.82) is 0 Å². The maximum absolute atomic E-state index is 13.4. The Morgan fingerprint density at radius 2 is 1.77 bits per heavy atom. The molecule has 4 rings (SSSR count). The third-order valence-electron chi connectivity index (χ3n) is 6.96. The van der Waals surface area contributed by atoms with Gasteiger partial charge in [0.05, 0.1) is 19.6 Å². The standard InChI is InChI=1S/C31H34Cl2N2O4/c1-23-18-26(13-14-27(23)32)38-22-31(19-30(37)34(2)20-24-8-4-3-5-9-24)21-35(16-17-39-31)29(36)15-12-25-10-6-7-11-28(25)33/h3-11,13-14,18H,12,15-17,19-22H2,1-2H3/t31-/m0/s1. The molecule has 3 aromatic carbocycles. The molecule has 1 aliphatic heterocycles. The van der Waals surface area contributed by atoms with Crippen molar-refractivity contribution in [1.82, 2.24) is 9.80 Å². The van der Waals surface area contributed by atoms with Crippen LogP contribution >= 0.6 is 23.2 Å². The van der Waals surface area contributed by atoms with Crippen LogP contribution in [0.1, 0.15) is 29.5 Å². The molecule has 0 spiro atoms. The minimum Gasteiger partial charge on any atom is -0.490 e. The van der Waals surface area contributed by atoms with Crippen LogP contribution in [0.2, 0.25) is 10.0 Å². The highest BCUT2D eigenvalue weighted by atomic mass is 35.5. The van der Waals surface area contributed by atoms with E-state index < -0.39 is 5.60 Å². The molecule has 1 aliphatic rings. The van der Waals surface area contributed by atoms with Gasteiger partial charge in [0.1, 0.15) is 18.0 Å². The van der Waals surface area contributed by atoms with E-state index in [9.17, 15) is 9.59 Å². The number of hydrogen-bond acceptors (Lipinski definition) is 4. The fourth-order valence-corrected chi connectivity index (χ4v) is 5.03. The maximum Gasteiger partial charge on any atom is 0.225 e. The Bertz CT molecular complexity index is 1290. The van der Waals surface area contributed by atoms with Gasteiger partial charge in [-0.2, -0.15) is 0 Å². The summed E-state index contributed by atoms with van der Waals surface area (Å²) in [5.41, 5.74) is 1.87. The van der Waals surface area contributed by atoms with Gasteiger partial charge in [0.25, 0.3) is 0 Å². The van der Waals surface area contributed by atoms with Crippen LogP contribution < -0.4 is 4.74 Å². The van der Waals surface area contributed by atoms with E-state index in [-0.39, 0.29) is 31.4 Å². The van der Waals surface area contributed by atoms with Crippen LogP contribution in [0.15, 0.2) is 72.8 Å². The van der Waals surface area contributed by atoms with Gasteiger partial charge in [-0.25, -0.2) is 0 Å². The van der Waals surface area contributed by atoms with E-state index in [0.29, 0.717) is 48.3 Å². The van der Waals surface area contributed by atoms with Crippen LogP contribution in [0.5, 0.6) is 5.75 Å². The molecule has 0 N–H and O–H groups in total. The summed E-state index contributed by atoms with van der Waals surface area (Å²) >= 11 is 12.5. The molecule has 39 heavy (non-hydrogen) atoms. The van der Waals surface area contributed by atoms with E-state index in [0.717, 1.165) is 16.7 Å². The minimum atomic E-state index is -0.992. The summed E-state index contributed by atoms with van der Waals surface area (Å²) in [7, 11) is 1.78. The highest BCUT2D eigenvalue weighted by Gasteiger charge is 2.42. The molecule has 8 heteroatoms. The number of morpholine rings is 1. The molecular weight excluding hydrogens is 535 g/mol. The third-order valence-corrected chi connectivity index (χ3v) is 7.75. The van der Waals surface area contributed by atoms with E-state index in [4.69, 9.17) is 32.7 Å². The number of rotatable bonds is 10. The predicted octanol–water partition coefficient (Wildman–Crippen LogP) is 5.96. The molecule has 0 aromatic heterocycles. The second-order valence-electron chi connectivity index (χ2n) is 10.1. The van der Waals surface area contributed by atoms with E-state index >= 15 is 0 Å². The Labute approximate surface area is 240 Å². The number of aryl methyl sites for hydroxylation is 2. The molecule has 1 fully saturated rings. The first-order chi connectivity index (χ1) is 18.7. The maximum atomic E-state index is 13.4. The van der Waals surface area contributed by atoms with E-state index in [1.807, 2.05) is 67.6 Å². The van der Waals surface area contributed by atoms with Crippen LogP contribution in [0.25, 0.3) is 0 Å². The number of carbonyl (C=O) groups is 2. The molecule has 0 radical (unpaired) electrons. The first kappa shape index (κ1) is 28.9. The van der Waals surface area contributed by atoms with Crippen molar-refractivity contribution in [2.45, 2.75) is 38.3 Å². The Balaban J connectivity index is 1.48. The van der Waals surface area contributed by atoms with Crippen molar-refractivity contribution in [2.75, 3.05) is 33.4 Å². The second kappa shape index (κ2) is 13.3. The average Bonchev–Trinajstić information content (AvgIpc) is 2.94. The highest BCUT2D eigenvalue weighted by molar-refractivity contribution is 6.31. The zero-order valence-electron chi connectivity index (χ0n) is 22.4. The first-order valence-electron chi connectivity index (χ1n) is 13.1. The van der Waals surface area contributed by atoms with Crippen molar-refractivity contribution in [3.8, 4) is 5.75 Å². The van der Waals surface area contributed by atoms with Crippen LogP contribution in [0.4, 0.5) is 0 Å². The van der Waals surface area contributed by atoms with Crippen molar-refractivity contribution in [3.63, 3.8) is 0 Å². The zero-order valence-corrected chi connectivity index (χ0v) is 23.9. The van der Waals surface area contributed by atoms with Gasteiger partial charge in [-0.1, -0.05) is 71.7 Å². The Morgan fingerprint density at radius 1 is 1.03 bits per heavy atom. The molecular formula is C31H34Cl2N2O4. The topological polar surface area (TPSA) is 59.1 Å². The fraction of sp³-hybridized carbons (Fsp3) is 0.355. The summed E-state index contributed by atoms with van der Waals surface area (Å²) in [6, 6.07) is 22.8. The number of halogens is 2. The predicted molar refractivity (Wildman–Crippen MR) is 154 cm³/mol. The largest absolute Gasteiger partial charge is 0.490 e. The quantitative estimate of drug-likeness (QED) is 0.303. The number of amides is 2. The van der Waals surface area contributed by atoms with Crippen LogP contribution in [0.3, 0.4) is 0 Å². The molecule has 1 heterocycles. The van der Waals surface area contributed by atoms with Gasteiger partial charge in [0, 0.05) is 36.6 Å². The number of hydrogen-bond donors (Lipinski definition) is 0. The lowest BCUT2D eigenvalue weighted by molar-refractivity contribution is -0.165. The Kier molecular flexibility index (Phi) is 9.89. The molecule has 3 aromatic rings. The number of carbonyl (C=O) groups excluding carboxylic acids is 2. The lowest BCUT2D eigenvalue weighted by Gasteiger charge is -2.42. The molecule has 0 bridgehead atoms. The molecule has 0 aliphatic carbocycles.